The molecule has 0 spiro atoms. The monoisotopic (exact) mass is 373 g/mol. The van der Waals surface area contributed by atoms with Crippen molar-refractivity contribution in [3.63, 3.8) is 0 Å². The Morgan fingerprint density at radius 2 is 1.93 bits per heavy atom. The number of methoxy groups -OCH3 is 1. The third-order valence-corrected chi connectivity index (χ3v) is 4.35. The van der Waals surface area contributed by atoms with Crippen molar-refractivity contribution in [2.24, 2.45) is 4.99 Å². The van der Waals surface area contributed by atoms with Crippen LogP contribution in [0.4, 0.5) is 4.39 Å². The van der Waals surface area contributed by atoms with Crippen LogP contribution in [0.5, 0.6) is 11.5 Å². The first-order valence-corrected chi connectivity index (χ1v) is 8.81. The zero-order valence-corrected chi connectivity index (χ0v) is 15.5. The van der Waals surface area contributed by atoms with E-state index in [1.54, 1.807) is 26.3 Å². The normalized spacial score (nSPS) is 14.1. The third-order valence-electron chi connectivity index (χ3n) is 4.35. The molecule has 2 aromatic carbocycles. The van der Waals surface area contributed by atoms with E-state index in [9.17, 15) is 4.39 Å². The van der Waals surface area contributed by atoms with Crippen molar-refractivity contribution in [1.82, 2.24) is 10.6 Å². The van der Waals surface area contributed by atoms with E-state index in [4.69, 9.17) is 14.2 Å². The predicted octanol–water partition coefficient (Wildman–Crippen LogP) is 2.65. The number of rotatable bonds is 7. The third kappa shape index (κ3) is 5.10. The van der Waals surface area contributed by atoms with Gasteiger partial charge in [0.15, 0.2) is 17.5 Å². The lowest BCUT2D eigenvalue weighted by Crippen LogP contribution is -2.40. The molecule has 144 valence electrons. The fraction of sp³-hybridized carbons (Fsp3) is 0.350. The molecular formula is C20H24FN3O3. The van der Waals surface area contributed by atoms with Crippen LogP contribution in [0.3, 0.4) is 0 Å². The highest BCUT2D eigenvalue weighted by molar-refractivity contribution is 5.79. The highest BCUT2D eigenvalue weighted by atomic mass is 19.1. The molecule has 2 N–H and O–H groups in total. The van der Waals surface area contributed by atoms with Crippen molar-refractivity contribution < 1.29 is 18.6 Å². The maximum atomic E-state index is 13.1. The Morgan fingerprint density at radius 3 is 2.67 bits per heavy atom. The topological polar surface area (TPSA) is 64.1 Å². The summed E-state index contributed by atoms with van der Waals surface area (Å²) < 4.78 is 29.3. The number of benzene rings is 2. The number of hydrogen-bond donors (Lipinski definition) is 2. The van der Waals surface area contributed by atoms with Crippen molar-refractivity contribution >= 4 is 5.96 Å². The zero-order valence-electron chi connectivity index (χ0n) is 15.5. The number of nitrogens with one attached hydrogen (secondary N) is 2. The second-order valence-corrected chi connectivity index (χ2v) is 6.09. The quantitative estimate of drug-likeness (QED) is 0.577. The molecule has 0 fully saturated rings. The van der Waals surface area contributed by atoms with E-state index < -0.39 is 0 Å². The highest BCUT2D eigenvalue weighted by Crippen LogP contribution is 2.32. The SMILES string of the molecule is CN=C(NCCc1ccc2c(c1)OCO2)NCC(OC)c1ccc(F)cc1. The number of halogens is 1. The average Bonchev–Trinajstić information content (AvgIpc) is 3.16. The molecule has 1 unspecified atom stereocenters. The van der Waals surface area contributed by atoms with E-state index in [1.165, 1.54) is 12.1 Å². The summed E-state index contributed by atoms with van der Waals surface area (Å²) >= 11 is 0. The Balaban J connectivity index is 1.46. The van der Waals surface area contributed by atoms with Gasteiger partial charge in [0.1, 0.15) is 5.82 Å². The summed E-state index contributed by atoms with van der Waals surface area (Å²) in [5, 5.41) is 6.51. The van der Waals surface area contributed by atoms with Crippen molar-refractivity contribution in [2.75, 3.05) is 34.0 Å². The molecule has 0 aromatic heterocycles. The van der Waals surface area contributed by atoms with E-state index in [2.05, 4.69) is 15.6 Å². The van der Waals surface area contributed by atoms with Crippen LogP contribution in [-0.2, 0) is 11.2 Å². The summed E-state index contributed by atoms with van der Waals surface area (Å²) in [5.41, 5.74) is 2.06. The molecule has 6 nitrogen and oxygen atoms in total. The Hall–Kier alpha value is -2.80. The van der Waals surface area contributed by atoms with Crippen LogP contribution in [-0.4, -0.2) is 40.0 Å². The van der Waals surface area contributed by atoms with E-state index in [0.29, 0.717) is 19.0 Å². The lowest BCUT2D eigenvalue weighted by Gasteiger charge is -2.19. The molecule has 0 radical (unpaired) electrons. The summed E-state index contributed by atoms with van der Waals surface area (Å²) in [6, 6.07) is 12.3. The molecule has 0 saturated carbocycles. The van der Waals surface area contributed by atoms with Crippen LogP contribution in [0.15, 0.2) is 47.5 Å². The van der Waals surface area contributed by atoms with Crippen LogP contribution in [0.2, 0.25) is 0 Å². The van der Waals surface area contributed by atoms with Crippen LogP contribution in [0.25, 0.3) is 0 Å². The smallest absolute Gasteiger partial charge is 0.231 e. The van der Waals surface area contributed by atoms with Gasteiger partial charge in [0, 0.05) is 27.2 Å². The van der Waals surface area contributed by atoms with Gasteiger partial charge in [-0.2, -0.15) is 0 Å². The van der Waals surface area contributed by atoms with Crippen LogP contribution >= 0.6 is 0 Å². The maximum absolute atomic E-state index is 13.1. The summed E-state index contributed by atoms with van der Waals surface area (Å²) in [6.45, 7) is 1.52. The maximum Gasteiger partial charge on any atom is 0.231 e. The number of fused-ring (bicyclic) bond motifs is 1. The number of guanidine groups is 1. The van der Waals surface area contributed by atoms with Crippen molar-refractivity contribution in [2.45, 2.75) is 12.5 Å². The van der Waals surface area contributed by atoms with Crippen molar-refractivity contribution in [3.05, 3.63) is 59.4 Å². The molecule has 1 heterocycles. The van der Waals surface area contributed by atoms with E-state index in [1.807, 2.05) is 18.2 Å². The summed E-state index contributed by atoms with van der Waals surface area (Å²) in [5.74, 6) is 2.00. The van der Waals surface area contributed by atoms with Crippen molar-refractivity contribution in [3.8, 4) is 11.5 Å². The number of ether oxygens (including phenoxy) is 3. The molecule has 7 heteroatoms. The van der Waals surface area contributed by atoms with E-state index >= 15 is 0 Å². The molecule has 0 bridgehead atoms. The van der Waals surface area contributed by atoms with Gasteiger partial charge < -0.3 is 24.8 Å². The lowest BCUT2D eigenvalue weighted by atomic mass is 10.1. The van der Waals surface area contributed by atoms with Crippen LogP contribution in [0, 0.1) is 5.82 Å². The first kappa shape index (κ1) is 19.0. The number of nitrogens with zero attached hydrogens (tertiary/aromatic N) is 1. The lowest BCUT2D eigenvalue weighted by molar-refractivity contribution is 0.106. The standard InChI is InChI=1S/C20H24FN3O3/c1-22-20(24-12-19(25-2)15-4-6-16(21)7-5-15)23-10-9-14-3-8-17-18(11-14)27-13-26-17/h3-8,11,19H,9-10,12-13H2,1-2H3,(H2,22,23,24). The molecule has 1 atom stereocenters. The predicted molar refractivity (Wildman–Crippen MR) is 102 cm³/mol. The minimum Gasteiger partial charge on any atom is -0.454 e. The van der Waals surface area contributed by atoms with Gasteiger partial charge in [0.25, 0.3) is 0 Å². The largest absolute Gasteiger partial charge is 0.454 e. The van der Waals surface area contributed by atoms with Gasteiger partial charge in [-0.1, -0.05) is 18.2 Å². The number of aliphatic imine (C=N–C) groups is 1. The molecule has 1 aliphatic heterocycles. The van der Waals surface area contributed by atoms with Gasteiger partial charge in [0.05, 0.1) is 6.10 Å². The molecule has 0 aliphatic carbocycles. The second kappa shape index (κ2) is 9.23. The Labute approximate surface area is 158 Å². The van der Waals surface area contributed by atoms with Gasteiger partial charge in [0.2, 0.25) is 6.79 Å². The molecule has 1 aliphatic rings. The van der Waals surface area contributed by atoms with Crippen molar-refractivity contribution in [1.29, 1.82) is 0 Å². The zero-order chi connectivity index (χ0) is 19.1. The summed E-state index contributed by atoms with van der Waals surface area (Å²) in [4.78, 5) is 4.23. The Bertz CT molecular complexity index is 781. The van der Waals surface area contributed by atoms with Crippen LogP contribution in [0.1, 0.15) is 17.2 Å². The highest BCUT2D eigenvalue weighted by Gasteiger charge is 2.13. The molecule has 3 rings (SSSR count). The van der Waals surface area contributed by atoms with Gasteiger partial charge in [-0.25, -0.2) is 4.39 Å². The number of hydrogen-bond acceptors (Lipinski definition) is 4. The summed E-state index contributed by atoms with van der Waals surface area (Å²) in [7, 11) is 3.35. The first-order chi connectivity index (χ1) is 13.2. The Kier molecular flexibility index (Phi) is 6.49. The molecular weight excluding hydrogens is 349 g/mol. The van der Waals surface area contributed by atoms with E-state index in [0.717, 1.165) is 29.0 Å². The van der Waals surface area contributed by atoms with Gasteiger partial charge >= 0.3 is 0 Å². The molecule has 27 heavy (non-hydrogen) atoms. The fourth-order valence-corrected chi connectivity index (χ4v) is 2.85. The van der Waals surface area contributed by atoms with E-state index in [-0.39, 0.29) is 18.7 Å². The minimum absolute atomic E-state index is 0.196. The Morgan fingerprint density at radius 1 is 1.15 bits per heavy atom. The average molecular weight is 373 g/mol. The fourth-order valence-electron chi connectivity index (χ4n) is 2.85. The van der Waals surface area contributed by atoms with Gasteiger partial charge in [-0.3, -0.25) is 4.99 Å². The minimum atomic E-state index is -0.262. The van der Waals surface area contributed by atoms with Gasteiger partial charge in [-0.05, 0) is 41.8 Å². The van der Waals surface area contributed by atoms with Crippen LogP contribution < -0.4 is 20.1 Å². The summed E-state index contributed by atoms with van der Waals surface area (Å²) in [6.07, 6.45) is 0.626. The molecule has 0 amide bonds. The molecule has 2 aromatic rings. The first-order valence-electron chi connectivity index (χ1n) is 8.81. The second-order valence-electron chi connectivity index (χ2n) is 6.09. The molecule has 0 saturated heterocycles. The van der Waals surface area contributed by atoms with Gasteiger partial charge in [-0.15, -0.1) is 0 Å².